The van der Waals surface area contributed by atoms with Gasteiger partial charge in [-0.15, -0.1) is 10.2 Å². The maximum Gasteiger partial charge on any atom is 0.282 e. The zero-order valence-electron chi connectivity index (χ0n) is 21.3. The fraction of sp³-hybridized carbons (Fsp3) is 0.520. The van der Waals surface area contributed by atoms with Crippen LogP contribution in [0.5, 0.6) is 0 Å². The summed E-state index contributed by atoms with van der Waals surface area (Å²) >= 11 is 1.31. The van der Waals surface area contributed by atoms with Gasteiger partial charge < -0.3 is 14.9 Å². The predicted molar refractivity (Wildman–Crippen MR) is 144 cm³/mol. The molecular weight excluding hydrogens is 548 g/mol. The average Bonchev–Trinajstić information content (AvgIpc) is 3.42. The lowest BCUT2D eigenvalue weighted by Crippen LogP contribution is -2.57. The molecule has 2 aliphatic heterocycles. The molecule has 3 aromatic rings. The molecule has 1 aromatic carbocycles. The summed E-state index contributed by atoms with van der Waals surface area (Å²) in [5, 5.41) is 23.9. The lowest BCUT2D eigenvalue weighted by molar-refractivity contribution is -0.0271. The van der Waals surface area contributed by atoms with Gasteiger partial charge >= 0.3 is 0 Å². The van der Waals surface area contributed by atoms with E-state index in [2.05, 4.69) is 25.1 Å². The summed E-state index contributed by atoms with van der Waals surface area (Å²) in [7, 11) is -4.01. The second-order valence-electron chi connectivity index (χ2n) is 10.8. The van der Waals surface area contributed by atoms with E-state index < -0.39 is 40.9 Å². The van der Waals surface area contributed by atoms with Crippen molar-refractivity contribution in [2.24, 2.45) is 10.6 Å². The van der Waals surface area contributed by atoms with Crippen molar-refractivity contribution in [1.82, 2.24) is 20.2 Å². The van der Waals surface area contributed by atoms with Crippen LogP contribution in [0.4, 0.5) is 20.4 Å². The zero-order chi connectivity index (χ0) is 27.6. The molecule has 1 unspecified atom stereocenters. The van der Waals surface area contributed by atoms with Crippen LogP contribution in [0, 0.1) is 12.3 Å². The Labute approximate surface area is 229 Å². The molecule has 10 nitrogen and oxygen atoms in total. The Balaban J connectivity index is 1.35. The first-order chi connectivity index (χ1) is 18.5. The molecule has 0 amide bonds. The highest BCUT2D eigenvalue weighted by atomic mass is 32.2. The second kappa shape index (κ2) is 9.39. The Morgan fingerprint density at radius 3 is 2.36 bits per heavy atom. The first-order valence-corrected chi connectivity index (χ1v) is 15.2. The molecule has 2 aromatic heterocycles. The van der Waals surface area contributed by atoms with E-state index in [9.17, 15) is 22.3 Å². The summed E-state index contributed by atoms with van der Waals surface area (Å²) in [5.74, 6) is -2.50. The third kappa shape index (κ3) is 5.22. The van der Waals surface area contributed by atoms with E-state index in [0.29, 0.717) is 32.4 Å². The van der Waals surface area contributed by atoms with E-state index in [4.69, 9.17) is 5.14 Å². The first kappa shape index (κ1) is 26.4. The van der Waals surface area contributed by atoms with Gasteiger partial charge in [0.1, 0.15) is 16.0 Å². The predicted octanol–water partition coefficient (Wildman–Crippen LogP) is 3.13. The van der Waals surface area contributed by atoms with E-state index in [-0.39, 0.29) is 5.95 Å². The summed E-state index contributed by atoms with van der Waals surface area (Å²) < 4.78 is 51.1. The Kier molecular flexibility index (Phi) is 6.36. The summed E-state index contributed by atoms with van der Waals surface area (Å²) in [4.78, 5) is 12.5. The van der Waals surface area contributed by atoms with Gasteiger partial charge in [-0.2, -0.15) is 0 Å². The van der Waals surface area contributed by atoms with E-state index in [1.807, 2.05) is 0 Å². The highest BCUT2D eigenvalue weighted by molar-refractivity contribution is 7.89. The van der Waals surface area contributed by atoms with E-state index in [1.165, 1.54) is 29.1 Å². The first-order valence-electron chi connectivity index (χ1n) is 12.8. The number of hydrogen-bond donors (Lipinski definition) is 2. The number of nitrogens with two attached hydrogens (primary N) is 1. The maximum absolute atomic E-state index is 13.4. The van der Waals surface area contributed by atoms with Crippen LogP contribution in [-0.2, 0) is 10.0 Å². The lowest BCUT2D eigenvalue weighted by atomic mass is 9.92. The Morgan fingerprint density at radius 2 is 1.74 bits per heavy atom. The fourth-order valence-corrected chi connectivity index (χ4v) is 6.95. The third-order valence-corrected chi connectivity index (χ3v) is 10.1. The normalized spacial score (nSPS) is 20.6. The molecule has 3 aliphatic rings. The summed E-state index contributed by atoms with van der Waals surface area (Å²) in [6.07, 6.45) is 4.63. The summed E-state index contributed by atoms with van der Waals surface area (Å²) in [6.45, 7) is 1.97. The number of benzene rings is 1. The van der Waals surface area contributed by atoms with Crippen LogP contribution in [0.1, 0.15) is 42.2 Å². The number of sulfonamides is 1. The second-order valence-corrected chi connectivity index (χ2v) is 13.6. The fourth-order valence-electron chi connectivity index (χ4n) is 5.38. The van der Waals surface area contributed by atoms with Crippen molar-refractivity contribution in [3.63, 3.8) is 0 Å². The Morgan fingerprint density at radius 1 is 1.05 bits per heavy atom. The molecule has 6 rings (SSSR count). The van der Waals surface area contributed by atoms with Crippen molar-refractivity contribution < 1.29 is 22.3 Å². The quantitative estimate of drug-likeness (QED) is 0.434. The molecule has 0 radical (unpaired) electrons. The number of alkyl halides is 2. The number of primary sulfonamides is 1. The van der Waals surface area contributed by atoms with Gasteiger partial charge in [-0.3, -0.25) is 0 Å². The standard InChI is InChI=1S/C25H29F2N7O3S2/c1-15-10-18(30-23(29-15)34-13-25(26,27)14-34)22-32-31-21(38-22)17-3-2-16(20(12-35)39(28,36)37)11-19(17)33-8-6-24(4-5-24)7-9-33/h2-3,10-11,20,35H,4-9,12-14H2,1H3,(H2,28,36,37). The molecule has 4 heterocycles. The van der Waals surface area contributed by atoms with E-state index in [0.717, 1.165) is 37.2 Å². The van der Waals surface area contributed by atoms with Gasteiger partial charge in [-0.25, -0.2) is 32.3 Å². The van der Waals surface area contributed by atoms with Gasteiger partial charge in [0, 0.05) is 30.0 Å². The van der Waals surface area contributed by atoms with Crippen LogP contribution >= 0.6 is 11.3 Å². The maximum atomic E-state index is 13.4. The molecule has 3 fully saturated rings. The number of piperidine rings is 1. The van der Waals surface area contributed by atoms with Crippen LogP contribution in [-0.4, -0.2) is 72.4 Å². The molecule has 2 saturated heterocycles. The Hall–Kier alpha value is -2.81. The van der Waals surface area contributed by atoms with E-state index >= 15 is 0 Å². The topological polar surface area (TPSA) is 138 Å². The molecular formula is C25H29F2N7O3S2. The molecule has 208 valence electrons. The third-order valence-electron chi connectivity index (χ3n) is 7.92. The van der Waals surface area contributed by atoms with Gasteiger partial charge in [-0.1, -0.05) is 17.4 Å². The number of rotatable bonds is 7. The average molecular weight is 578 g/mol. The van der Waals surface area contributed by atoms with Gasteiger partial charge in [0.15, 0.2) is 5.01 Å². The SMILES string of the molecule is Cc1cc(-c2nnc(-c3ccc(C(CO)S(N)(=O)=O)cc3N3CCC4(CC3)CC4)s2)nc(N2CC(F)(F)C2)n1. The van der Waals surface area contributed by atoms with Crippen LogP contribution in [0.2, 0.25) is 0 Å². The highest BCUT2D eigenvalue weighted by Crippen LogP contribution is 2.54. The molecule has 1 atom stereocenters. The minimum atomic E-state index is -4.01. The van der Waals surface area contributed by atoms with Crippen molar-refractivity contribution in [3.05, 3.63) is 35.5 Å². The molecule has 0 bridgehead atoms. The number of hydrogen-bond acceptors (Lipinski definition) is 10. The Bertz CT molecular complexity index is 1510. The van der Waals surface area contributed by atoms with Gasteiger partial charge in [0.05, 0.1) is 19.7 Å². The number of aliphatic hydroxyl groups excluding tert-OH is 1. The number of aliphatic hydroxyl groups is 1. The monoisotopic (exact) mass is 577 g/mol. The number of anilines is 2. The largest absolute Gasteiger partial charge is 0.395 e. The molecule has 1 spiro atoms. The highest BCUT2D eigenvalue weighted by Gasteiger charge is 2.46. The van der Waals surface area contributed by atoms with Gasteiger partial charge in [-0.05, 0) is 61.8 Å². The summed E-state index contributed by atoms with van der Waals surface area (Å²) in [5.41, 5.74) is 3.59. The van der Waals surface area contributed by atoms with Crippen LogP contribution in [0.25, 0.3) is 21.3 Å². The van der Waals surface area contributed by atoms with Crippen molar-refractivity contribution in [2.75, 3.05) is 42.6 Å². The number of aryl methyl sites for hydroxylation is 1. The number of aromatic nitrogens is 4. The molecule has 1 aliphatic carbocycles. The number of nitrogens with zero attached hydrogens (tertiary/aromatic N) is 6. The van der Waals surface area contributed by atoms with Crippen LogP contribution in [0.3, 0.4) is 0 Å². The van der Waals surface area contributed by atoms with Gasteiger partial charge in [0.2, 0.25) is 16.0 Å². The van der Waals surface area contributed by atoms with Crippen molar-refractivity contribution in [1.29, 1.82) is 0 Å². The van der Waals surface area contributed by atoms with Crippen LogP contribution < -0.4 is 14.9 Å². The smallest absolute Gasteiger partial charge is 0.282 e. The zero-order valence-corrected chi connectivity index (χ0v) is 23.0. The number of halogens is 2. The molecule has 1 saturated carbocycles. The minimum absolute atomic E-state index is 0.234. The van der Waals surface area contributed by atoms with Crippen molar-refractivity contribution in [3.8, 4) is 21.3 Å². The lowest BCUT2D eigenvalue weighted by Gasteiger charge is -2.38. The van der Waals surface area contributed by atoms with E-state index in [1.54, 1.807) is 31.2 Å². The molecule has 14 heteroatoms. The minimum Gasteiger partial charge on any atom is -0.395 e. The molecule has 39 heavy (non-hydrogen) atoms. The van der Waals surface area contributed by atoms with Crippen LogP contribution in [0.15, 0.2) is 24.3 Å². The molecule has 3 N–H and O–H groups in total. The van der Waals surface area contributed by atoms with Crippen molar-refractivity contribution >= 4 is 33.0 Å². The summed E-state index contributed by atoms with van der Waals surface area (Å²) in [6, 6.07) is 6.97. The van der Waals surface area contributed by atoms with Crippen molar-refractivity contribution in [2.45, 2.75) is 43.8 Å². The van der Waals surface area contributed by atoms with Gasteiger partial charge in [0.25, 0.3) is 5.92 Å².